The summed E-state index contributed by atoms with van der Waals surface area (Å²) in [7, 11) is 0. The second-order valence-electron chi connectivity index (χ2n) is 6.85. The van der Waals surface area contributed by atoms with Crippen LogP contribution in [0.2, 0.25) is 0 Å². The Morgan fingerprint density at radius 3 is 2.29 bits per heavy atom. The Morgan fingerprint density at radius 2 is 1.76 bits per heavy atom. The maximum absolute atomic E-state index is 9.74. The van der Waals surface area contributed by atoms with E-state index in [4.69, 9.17) is 0 Å². The zero-order valence-electron chi connectivity index (χ0n) is 11.6. The highest BCUT2D eigenvalue weighted by Gasteiger charge is 2.48. The summed E-state index contributed by atoms with van der Waals surface area (Å²) >= 11 is 0. The first-order chi connectivity index (χ1) is 8.00. The molecule has 1 saturated heterocycles. The molecule has 2 aliphatic rings. The first kappa shape index (κ1) is 12.9. The van der Waals surface area contributed by atoms with Crippen LogP contribution in [0, 0.1) is 22.7 Å². The minimum atomic E-state index is -0.157. The molecule has 0 amide bonds. The molecule has 1 aliphatic heterocycles. The van der Waals surface area contributed by atoms with Crippen LogP contribution in [0.1, 0.15) is 59.3 Å². The van der Waals surface area contributed by atoms with E-state index in [1.807, 2.05) is 0 Å². The van der Waals surface area contributed by atoms with E-state index in [1.54, 1.807) is 0 Å². The van der Waals surface area contributed by atoms with Crippen molar-refractivity contribution in [2.24, 2.45) is 11.3 Å². The van der Waals surface area contributed by atoms with Gasteiger partial charge < -0.3 is 0 Å². The fourth-order valence-electron chi connectivity index (χ4n) is 3.87. The third-order valence-electron chi connectivity index (χ3n) is 4.97. The first-order valence-corrected chi connectivity index (χ1v) is 7.16. The average Bonchev–Trinajstić information content (AvgIpc) is 2.30. The molecular formula is C15H26N2. The molecule has 0 radical (unpaired) electrons. The van der Waals surface area contributed by atoms with Gasteiger partial charge in [-0.2, -0.15) is 5.26 Å². The van der Waals surface area contributed by atoms with E-state index >= 15 is 0 Å². The van der Waals surface area contributed by atoms with Crippen molar-refractivity contribution in [3.05, 3.63) is 0 Å². The fourth-order valence-corrected chi connectivity index (χ4v) is 3.87. The van der Waals surface area contributed by atoms with E-state index in [1.165, 1.54) is 32.1 Å². The molecule has 2 atom stereocenters. The molecule has 2 fully saturated rings. The first-order valence-electron chi connectivity index (χ1n) is 7.16. The van der Waals surface area contributed by atoms with Crippen molar-refractivity contribution in [2.75, 3.05) is 13.1 Å². The molecule has 96 valence electrons. The Bertz CT molecular complexity index is 309. The molecule has 0 aromatic carbocycles. The molecule has 2 unspecified atom stereocenters. The number of nitriles is 1. The summed E-state index contributed by atoms with van der Waals surface area (Å²) in [5.41, 5.74) is 0.269. The lowest BCUT2D eigenvalue weighted by atomic mass is 9.63. The Labute approximate surface area is 106 Å². The van der Waals surface area contributed by atoms with Crippen molar-refractivity contribution in [1.29, 1.82) is 5.26 Å². The van der Waals surface area contributed by atoms with E-state index in [9.17, 15) is 5.26 Å². The minimum absolute atomic E-state index is 0.157. The highest BCUT2D eigenvalue weighted by Crippen LogP contribution is 2.46. The Hall–Kier alpha value is -0.550. The molecule has 0 spiro atoms. The number of piperidine rings is 1. The molecule has 0 aromatic rings. The van der Waals surface area contributed by atoms with Gasteiger partial charge in [0.1, 0.15) is 5.54 Å². The monoisotopic (exact) mass is 234 g/mol. The standard InChI is InChI=1S/C15H26N2/c1-13-11-14(2,3)7-8-15(13,12-16)17-9-5-4-6-10-17/h13H,4-11H2,1-3H3. The number of likely N-dealkylation sites (tertiary alicyclic amines) is 1. The highest BCUT2D eigenvalue weighted by molar-refractivity contribution is 5.14. The second kappa shape index (κ2) is 4.61. The normalized spacial score (nSPS) is 38.6. The third kappa shape index (κ3) is 2.36. The predicted octanol–water partition coefficient (Wildman–Crippen LogP) is 3.58. The smallest absolute Gasteiger partial charge is 0.111 e. The molecule has 2 rings (SSSR count). The van der Waals surface area contributed by atoms with Gasteiger partial charge in [-0.25, -0.2) is 0 Å². The van der Waals surface area contributed by atoms with E-state index in [0.29, 0.717) is 11.3 Å². The Balaban J connectivity index is 2.17. The largest absolute Gasteiger partial charge is 0.285 e. The molecule has 0 aromatic heterocycles. The molecule has 0 bridgehead atoms. The SMILES string of the molecule is CC1CC(C)(C)CCC1(C#N)N1CCCCC1. The van der Waals surface area contributed by atoms with Crippen LogP contribution in [0.5, 0.6) is 0 Å². The minimum Gasteiger partial charge on any atom is -0.285 e. The maximum atomic E-state index is 9.74. The summed E-state index contributed by atoms with van der Waals surface area (Å²) < 4.78 is 0. The van der Waals surface area contributed by atoms with Crippen LogP contribution in [0.25, 0.3) is 0 Å². The maximum Gasteiger partial charge on any atom is 0.111 e. The van der Waals surface area contributed by atoms with E-state index in [-0.39, 0.29) is 5.54 Å². The summed E-state index contributed by atoms with van der Waals surface area (Å²) in [6.45, 7) is 9.26. The zero-order chi connectivity index (χ0) is 12.5. The lowest BCUT2D eigenvalue weighted by Crippen LogP contribution is -2.57. The molecule has 1 saturated carbocycles. The van der Waals surface area contributed by atoms with Crippen LogP contribution in [-0.2, 0) is 0 Å². The number of nitrogens with zero attached hydrogens (tertiary/aromatic N) is 2. The predicted molar refractivity (Wildman–Crippen MR) is 70.6 cm³/mol. The molecular weight excluding hydrogens is 208 g/mol. The number of hydrogen-bond acceptors (Lipinski definition) is 2. The van der Waals surface area contributed by atoms with Crippen LogP contribution in [0.3, 0.4) is 0 Å². The zero-order valence-corrected chi connectivity index (χ0v) is 11.6. The van der Waals surface area contributed by atoms with Crippen molar-refractivity contribution in [3.63, 3.8) is 0 Å². The molecule has 0 N–H and O–H groups in total. The van der Waals surface area contributed by atoms with Gasteiger partial charge in [0.05, 0.1) is 6.07 Å². The average molecular weight is 234 g/mol. The summed E-state index contributed by atoms with van der Waals surface area (Å²) in [5.74, 6) is 0.509. The van der Waals surface area contributed by atoms with Crippen molar-refractivity contribution in [3.8, 4) is 6.07 Å². The van der Waals surface area contributed by atoms with Crippen LogP contribution in [0.4, 0.5) is 0 Å². The van der Waals surface area contributed by atoms with Crippen molar-refractivity contribution in [2.45, 2.75) is 64.8 Å². The van der Waals surface area contributed by atoms with Crippen molar-refractivity contribution >= 4 is 0 Å². The molecule has 1 aliphatic carbocycles. The van der Waals surface area contributed by atoms with E-state index in [0.717, 1.165) is 19.5 Å². The van der Waals surface area contributed by atoms with Crippen LogP contribution in [0.15, 0.2) is 0 Å². The summed E-state index contributed by atoms with van der Waals surface area (Å²) in [4.78, 5) is 2.50. The number of hydrogen-bond donors (Lipinski definition) is 0. The van der Waals surface area contributed by atoms with Crippen molar-refractivity contribution < 1.29 is 0 Å². The van der Waals surface area contributed by atoms with E-state index in [2.05, 4.69) is 31.7 Å². The fraction of sp³-hybridized carbons (Fsp3) is 0.933. The molecule has 2 nitrogen and oxygen atoms in total. The molecule has 17 heavy (non-hydrogen) atoms. The van der Waals surface area contributed by atoms with Gasteiger partial charge in [-0.1, -0.05) is 27.2 Å². The molecule has 2 heteroatoms. The van der Waals surface area contributed by atoms with Gasteiger partial charge in [0, 0.05) is 0 Å². The van der Waals surface area contributed by atoms with Gasteiger partial charge in [-0.3, -0.25) is 4.90 Å². The highest BCUT2D eigenvalue weighted by atomic mass is 15.2. The van der Waals surface area contributed by atoms with Crippen LogP contribution >= 0.6 is 0 Å². The van der Waals surface area contributed by atoms with Gasteiger partial charge in [0.2, 0.25) is 0 Å². The summed E-state index contributed by atoms with van der Waals surface area (Å²) in [6.07, 6.45) is 7.35. The quantitative estimate of drug-likeness (QED) is 0.693. The lowest BCUT2D eigenvalue weighted by molar-refractivity contribution is 0.000572. The lowest BCUT2D eigenvalue weighted by Gasteiger charge is -2.51. The number of rotatable bonds is 1. The Morgan fingerprint density at radius 1 is 1.12 bits per heavy atom. The molecule has 1 heterocycles. The third-order valence-corrected chi connectivity index (χ3v) is 4.97. The van der Waals surface area contributed by atoms with Crippen LogP contribution in [-0.4, -0.2) is 23.5 Å². The summed E-state index contributed by atoms with van der Waals surface area (Å²) in [5, 5.41) is 9.74. The van der Waals surface area contributed by atoms with Gasteiger partial charge in [0.15, 0.2) is 0 Å². The van der Waals surface area contributed by atoms with Gasteiger partial charge >= 0.3 is 0 Å². The Kier molecular flexibility index (Phi) is 3.50. The topological polar surface area (TPSA) is 27.0 Å². The van der Waals surface area contributed by atoms with E-state index < -0.39 is 0 Å². The van der Waals surface area contributed by atoms with Gasteiger partial charge in [-0.05, 0) is 56.5 Å². The van der Waals surface area contributed by atoms with Gasteiger partial charge in [-0.15, -0.1) is 0 Å². The summed E-state index contributed by atoms with van der Waals surface area (Å²) in [6, 6.07) is 2.70. The van der Waals surface area contributed by atoms with Crippen molar-refractivity contribution in [1.82, 2.24) is 4.90 Å². The second-order valence-corrected chi connectivity index (χ2v) is 6.85. The van der Waals surface area contributed by atoms with Crippen LogP contribution < -0.4 is 0 Å². The van der Waals surface area contributed by atoms with Gasteiger partial charge in [0.25, 0.3) is 0 Å².